The van der Waals surface area contributed by atoms with Gasteiger partial charge in [-0.2, -0.15) is 0 Å². The SMILES string of the molecule is C=CC1(C=C2CC3C=CC2C3)CC2C=CC1C2. The summed E-state index contributed by atoms with van der Waals surface area (Å²) in [5.41, 5.74) is 2.01. The van der Waals surface area contributed by atoms with Crippen LogP contribution in [0, 0.1) is 29.1 Å². The zero-order chi connectivity index (χ0) is 11.5. The highest BCUT2D eigenvalue weighted by atomic mass is 14.5. The number of hydrogen-bond acceptors (Lipinski definition) is 0. The monoisotopic (exact) mass is 224 g/mol. The number of rotatable bonds is 2. The summed E-state index contributed by atoms with van der Waals surface area (Å²) in [5, 5.41) is 0. The first-order valence-electron chi connectivity index (χ1n) is 7.01. The second kappa shape index (κ2) is 3.25. The molecular weight excluding hydrogens is 204 g/mol. The van der Waals surface area contributed by atoms with Crippen LogP contribution in [0.3, 0.4) is 0 Å². The Kier molecular flexibility index (Phi) is 1.90. The first-order valence-corrected chi connectivity index (χ1v) is 7.01. The number of hydrogen-bond donors (Lipinski definition) is 0. The molecule has 0 nitrogen and oxygen atoms in total. The summed E-state index contributed by atoms with van der Waals surface area (Å²) >= 11 is 0. The van der Waals surface area contributed by atoms with E-state index in [0.717, 1.165) is 23.7 Å². The van der Waals surface area contributed by atoms with Crippen molar-refractivity contribution in [1.82, 2.24) is 0 Å². The smallest absolute Gasteiger partial charge is 0.0130 e. The number of fused-ring (bicyclic) bond motifs is 4. The van der Waals surface area contributed by atoms with E-state index in [-0.39, 0.29) is 0 Å². The lowest BCUT2D eigenvalue weighted by atomic mass is 9.73. The van der Waals surface area contributed by atoms with Gasteiger partial charge >= 0.3 is 0 Å². The third-order valence-electron chi connectivity index (χ3n) is 5.46. The van der Waals surface area contributed by atoms with Crippen molar-refractivity contribution in [2.24, 2.45) is 29.1 Å². The van der Waals surface area contributed by atoms with Crippen LogP contribution in [0.5, 0.6) is 0 Å². The highest BCUT2D eigenvalue weighted by Gasteiger charge is 2.46. The molecule has 0 heteroatoms. The van der Waals surface area contributed by atoms with Crippen molar-refractivity contribution >= 4 is 0 Å². The lowest BCUT2D eigenvalue weighted by Crippen LogP contribution is -2.21. The minimum atomic E-state index is 0.299. The predicted molar refractivity (Wildman–Crippen MR) is 71.4 cm³/mol. The summed E-state index contributed by atoms with van der Waals surface area (Å²) in [4.78, 5) is 0. The Morgan fingerprint density at radius 1 is 1.12 bits per heavy atom. The van der Waals surface area contributed by atoms with Gasteiger partial charge in [-0.3, -0.25) is 0 Å². The van der Waals surface area contributed by atoms with Gasteiger partial charge in [0.25, 0.3) is 0 Å². The molecule has 0 saturated heterocycles. The fourth-order valence-corrected chi connectivity index (χ4v) is 4.56. The average molecular weight is 224 g/mol. The van der Waals surface area contributed by atoms with Crippen LogP contribution in [0.1, 0.15) is 25.7 Å². The average Bonchev–Trinajstić information content (AvgIpc) is 3.08. The van der Waals surface area contributed by atoms with E-state index in [1.165, 1.54) is 25.7 Å². The van der Waals surface area contributed by atoms with E-state index >= 15 is 0 Å². The molecule has 2 fully saturated rings. The van der Waals surface area contributed by atoms with E-state index in [0.29, 0.717) is 5.41 Å². The molecule has 5 unspecified atom stereocenters. The minimum Gasteiger partial charge on any atom is -0.102 e. The highest BCUT2D eigenvalue weighted by Crippen LogP contribution is 2.56. The molecule has 17 heavy (non-hydrogen) atoms. The van der Waals surface area contributed by atoms with Gasteiger partial charge in [0.2, 0.25) is 0 Å². The van der Waals surface area contributed by atoms with Crippen LogP contribution < -0.4 is 0 Å². The van der Waals surface area contributed by atoms with Crippen molar-refractivity contribution in [3.8, 4) is 0 Å². The van der Waals surface area contributed by atoms with E-state index in [1.54, 1.807) is 5.57 Å². The highest BCUT2D eigenvalue weighted by molar-refractivity contribution is 5.34. The Hall–Kier alpha value is -1.04. The summed E-state index contributed by atoms with van der Waals surface area (Å²) < 4.78 is 0. The van der Waals surface area contributed by atoms with Crippen molar-refractivity contribution < 1.29 is 0 Å². The zero-order valence-electron chi connectivity index (χ0n) is 10.3. The standard InChI is InChI=1S/C17H20/c1-2-17(10-13-4-6-16(17)9-13)11-15-8-12-3-5-14(15)7-12/h2-6,11-14,16H,1,7-10H2. The predicted octanol–water partition coefficient (Wildman–Crippen LogP) is 4.28. The van der Waals surface area contributed by atoms with Crippen molar-refractivity contribution in [3.05, 3.63) is 48.6 Å². The van der Waals surface area contributed by atoms with Crippen molar-refractivity contribution in [2.75, 3.05) is 0 Å². The molecule has 4 aliphatic carbocycles. The van der Waals surface area contributed by atoms with Crippen LogP contribution in [0.25, 0.3) is 0 Å². The molecule has 0 aromatic rings. The fourth-order valence-electron chi connectivity index (χ4n) is 4.56. The van der Waals surface area contributed by atoms with Gasteiger partial charge < -0.3 is 0 Å². The van der Waals surface area contributed by atoms with Crippen LogP contribution in [-0.2, 0) is 0 Å². The molecule has 0 aromatic carbocycles. The Balaban J connectivity index is 1.70. The van der Waals surface area contributed by atoms with Gasteiger partial charge in [0.15, 0.2) is 0 Å². The van der Waals surface area contributed by atoms with E-state index in [4.69, 9.17) is 0 Å². The van der Waals surface area contributed by atoms with Crippen LogP contribution in [-0.4, -0.2) is 0 Å². The molecule has 2 saturated carbocycles. The normalized spacial score (nSPS) is 51.9. The molecule has 0 amide bonds. The van der Waals surface area contributed by atoms with Crippen LogP contribution in [0.15, 0.2) is 48.6 Å². The maximum Gasteiger partial charge on any atom is 0.0130 e. The van der Waals surface area contributed by atoms with Crippen LogP contribution in [0.2, 0.25) is 0 Å². The summed E-state index contributed by atoms with van der Waals surface area (Å²) in [5.74, 6) is 3.17. The van der Waals surface area contributed by atoms with Crippen molar-refractivity contribution in [2.45, 2.75) is 25.7 Å². The minimum absolute atomic E-state index is 0.299. The first-order chi connectivity index (χ1) is 8.29. The largest absolute Gasteiger partial charge is 0.102 e. The summed E-state index contributed by atoms with van der Waals surface area (Å²) in [6.45, 7) is 4.14. The third kappa shape index (κ3) is 1.30. The van der Waals surface area contributed by atoms with Crippen molar-refractivity contribution in [1.29, 1.82) is 0 Å². The molecule has 0 aliphatic heterocycles. The number of allylic oxidation sites excluding steroid dienone is 7. The van der Waals surface area contributed by atoms with E-state index in [9.17, 15) is 0 Å². The van der Waals surface area contributed by atoms with Gasteiger partial charge in [0.05, 0.1) is 0 Å². The Morgan fingerprint density at radius 2 is 2.00 bits per heavy atom. The Labute approximate surface area is 104 Å². The second-order valence-corrected chi connectivity index (χ2v) is 6.42. The van der Waals surface area contributed by atoms with E-state index < -0.39 is 0 Å². The molecule has 0 heterocycles. The zero-order valence-corrected chi connectivity index (χ0v) is 10.3. The molecule has 0 radical (unpaired) electrons. The summed E-state index contributed by atoms with van der Waals surface area (Å²) in [7, 11) is 0. The molecule has 4 rings (SSSR count). The topological polar surface area (TPSA) is 0 Å². The molecule has 0 aromatic heterocycles. The summed E-state index contributed by atoms with van der Waals surface area (Å²) in [6.07, 6.45) is 19.9. The quantitative estimate of drug-likeness (QED) is 0.614. The maximum atomic E-state index is 4.14. The lowest BCUT2D eigenvalue weighted by molar-refractivity contribution is 0.405. The van der Waals surface area contributed by atoms with Gasteiger partial charge in [-0.05, 0) is 49.4 Å². The van der Waals surface area contributed by atoms with Crippen LogP contribution >= 0.6 is 0 Å². The Morgan fingerprint density at radius 3 is 2.53 bits per heavy atom. The Bertz CT molecular complexity index is 451. The third-order valence-corrected chi connectivity index (χ3v) is 5.46. The molecular formula is C17H20. The molecule has 0 spiro atoms. The fraction of sp³-hybridized carbons (Fsp3) is 0.529. The van der Waals surface area contributed by atoms with Gasteiger partial charge in [0.1, 0.15) is 0 Å². The molecule has 88 valence electrons. The van der Waals surface area contributed by atoms with Gasteiger partial charge in [0, 0.05) is 5.41 Å². The van der Waals surface area contributed by atoms with E-state index in [1.807, 2.05) is 0 Å². The van der Waals surface area contributed by atoms with Crippen LogP contribution in [0.4, 0.5) is 0 Å². The van der Waals surface area contributed by atoms with E-state index in [2.05, 4.69) is 43.0 Å². The molecule has 0 N–H and O–H groups in total. The lowest BCUT2D eigenvalue weighted by Gasteiger charge is -2.30. The van der Waals surface area contributed by atoms with Gasteiger partial charge in [-0.1, -0.05) is 42.0 Å². The first kappa shape index (κ1) is 9.94. The van der Waals surface area contributed by atoms with Gasteiger partial charge in [-0.15, -0.1) is 6.58 Å². The molecule has 4 bridgehead atoms. The molecule has 5 atom stereocenters. The second-order valence-electron chi connectivity index (χ2n) is 6.42. The summed E-state index contributed by atoms with van der Waals surface area (Å²) in [6, 6.07) is 0. The van der Waals surface area contributed by atoms with Crippen molar-refractivity contribution in [3.63, 3.8) is 0 Å². The maximum absolute atomic E-state index is 4.14. The molecule has 4 aliphatic rings. The van der Waals surface area contributed by atoms with Gasteiger partial charge in [-0.25, -0.2) is 0 Å².